The van der Waals surface area contributed by atoms with E-state index < -0.39 is 24.5 Å². The average Bonchev–Trinajstić information content (AvgIpc) is 2.93. The molecule has 0 unspecified atom stereocenters. The smallest absolute Gasteiger partial charge is 0.376 e. The Morgan fingerprint density at radius 1 is 1.21 bits per heavy atom. The number of ether oxygens (including phenoxy) is 3. The zero-order valence-electron chi connectivity index (χ0n) is 22.9. The van der Waals surface area contributed by atoms with Crippen LogP contribution in [0.3, 0.4) is 0 Å². The van der Waals surface area contributed by atoms with Gasteiger partial charge in [0.1, 0.15) is 18.2 Å². The molecule has 0 saturated heterocycles. The summed E-state index contributed by atoms with van der Waals surface area (Å²) in [6.07, 6.45) is 3.02. The van der Waals surface area contributed by atoms with Gasteiger partial charge in [-0.3, -0.25) is 0 Å². The lowest BCUT2D eigenvalue weighted by molar-refractivity contribution is -0.0698. The highest BCUT2D eigenvalue weighted by atomic mass is 19.3. The van der Waals surface area contributed by atoms with Gasteiger partial charge in [-0.15, -0.1) is 0 Å². The van der Waals surface area contributed by atoms with Crippen LogP contribution in [0.2, 0.25) is 0 Å². The predicted octanol–water partition coefficient (Wildman–Crippen LogP) is 5.45. The maximum Gasteiger partial charge on any atom is 0.376 e. The Morgan fingerprint density at radius 2 is 2.00 bits per heavy atom. The van der Waals surface area contributed by atoms with Crippen LogP contribution < -0.4 is 10.1 Å². The molecular formula is C29H34F2N4O4. The number of nitrogens with zero attached hydrogens (tertiary/aromatic N) is 3. The lowest BCUT2D eigenvalue weighted by Crippen LogP contribution is -2.23. The molecule has 1 aliphatic heterocycles. The number of likely N-dealkylation sites (N-methyl/N-ethyl adjacent to an activating group) is 1. The first kappa shape index (κ1) is 28.4. The van der Waals surface area contributed by atoms with Crippen LogP contribution in [0.25, 0.3) is 16.5 Å². The lowest BCUT2D eigenvalue weighted by Gasteiger charge is -2.24. The zero-order chi connectivity index (χ0) is 28.2. The first-order valence-electron chi connectivity index (χ1n) is 12.9. The summed E-state index contributed by atoms with van der Waals surface area (Å²) in [5.74, 6) is -2.86. The van der Waals surface area contributed by atoms with Crippen molar-refractivity contribution >= 4 is 28.3 Å². The normalized spacial score (nSPS) is 15.1. The largest absolute Gasteiger partial charge is 0.496 e. The van der Waals surface area contributed by atoms with Crippen molar-refractivity contribution in [2.75, 3.05) is 52.9 Å². The van der Waals surface area contributed by atoms with Crippen molar-refractivity contribution in [2.45, 2.75) is 32.2 Å². The number of carbonyl (C=O) groups excluding carboxylic acids is 1. The van der Waals surface area contributed by atoms with Gasteiger partial charge in [0.25, 0.3) is 5.92 Å². The Balaban J connectivity index is 1.80. The van der Waals surface area contributed by atoms with E-state index in [-0.39, 0.29) is 18.0 Å². The summed E-state index contributed by atoms with van der Waals surface area (Å²) < 4.78 is 44.6. The van der Waals surface area contributed by atoms with E-state index in [0.29, 0.717) is 28.0 Å². The Morgan fingerprint density at radius 3 is 2.67 bits per heavy atom. The van der Waals surface area contributed by atoms with Gasteiger partial charge in [0.05, 0.1) is 19.2 Å². The second-order valence-electron chi connectivity index (χ2n) is 9.56. The zero-order valence-corrected chi connectivity index (χ0v) is 22.9. The van der Waals surface area contributed by atoms with Crippen LogP contribution >= 0.6 is 0 Å². The van der Waals surface area contributed by atoms with Crippen molar-refractivity contribution in [1.29, 1.82) is 0 Å². The highest BCUT2D eigenvalue weighted by Gasteiger charge is 2.32. The average molecular weight is 541 g/mol. The van der Waals surface area contributed by atoms with Crippen LogP contribution in [0.4, 0.5) is 14.6 Å². The highest BCUT2D eigenvalue weighted by molar-refractivity contribution is 5.97. The van der Waals surface area contributed by atoms with Gasteiger partial charge < -0.3 is 24.4 Å². The van der Waals surface area contributed by atoms with E-state index in [4.69, 9.17) is 14.2 Å². The molecule has 2 aromatic carbocycles. The second-order valence-corrected chi connectivity index (χ2v) is 9.56. The van der Waals surface area contributed by atoms with E-state index in [1.54, 1.807) is 32.2 Å². The predicted molar refractivity (Wildman–Crippen MR) is 146 cm³/mol. The molecule has 0 amide bonds. The van der Waals surface area contributed by atoms with Gasteiger partial charge in [0, 0.05) is 48.8 Å². The van der Waals surface area contributed by atoms with Crippen LogP contribution in [-0.4, -0.2) is 68.4 Å². The molecule has 1 N–H and O–H groups in total. The highest BCUT2D eigenvalue weighted by Crippen LogP contribution is 2.37. The fraction of sp³-hybridized carbons (Fsp3) is 0.414. The topological polar surface area (TPSA) is 85.8 Å². The van der Waals surface area contributed by atoms with E-state index in [9.17, 15) is 13.6 Å². The molecule has 0 radical (unpaired) electrons. The van der Waals surface area contributed by atoms with E-state index in [1.807, 2.05) is 13.0 Å². The molecule has 0 spiro atoms. The molecule has 2 heterocycles. The first-order chi connectivity index (χ1) is 18.7. The van der Waals surface area contributed by atoms with E-state index in [0.717, 1.165) is 30.6 Å². The minimum atomic E-state index is -3.13. The minimum absolute atomic E-state index is 0.104. The van der Waals surface area contributed by atoms with Crippen LogP contribution in [0.5, 0.6) is 5.75 Å². The number of carbonyl (C=O) groups is 1. The number of alkyl halides is 2. The summed E-state index contributed by atoms with van der Waals surface area (Å²) in [6, 6.07) is 9.49. The third-order valence-electron chi connectivity index (χ3n) is 6.72. The van der Waals surface area contributed by atoms with Crippen molar-refractivity contribution in [3.63, 3.8) is 0 Å². The number of halogens is 2. The number of aromatic nitrogens is 2. The molecule has 3 aromatic rings. The molecule has 208 valence electrons. The summed E-state index contributed by atoms with van der Waals surface area (Å²) in [6.45, 7) is 4.74. The van der Waals surface area contributed by atoms with Gasteiger partial charge in [0.15, 0.2) is 0 Å². The lowest BCUT2D eigenvalue weighted by atomic mass is 9.96. The van der Waals surface area contributed by atoms with E-state index in [2.05, 4.69) is 33.3 Å². The SMILES string of the molecule is CCOC(=O)c1nc(N[C@H](C)c2cccc(C(F)(F)COC)c2)c2cc(C3=CCN(C)CC3)c(OC)cc2n1. The fourth-order valence-corrected chi connectivity index (χ4v) is 4.58. The Bertz CT molecular complexity index is 1380. The molecular weight excluding hydrogens is 506 g/mol. The first-order valence-corrected chi connectivity index (χ1v) is 12.9. The summed E-state index contributed by atoms with van der Waals surface area (Å²) in [4.78, 5) is 23.8. The fourth-order valence-electron chi connectivity index (χ4n) is 4.58. The number of fused-ring (bicyclic) bond motifs is 1. The molecule has 0 bridgehead atoms. The molecule has 1 aromatic heterocycles. The number of nitrogens with one attached hydrogen (secondary N) is 1. The molecule has 8 nitrogen and oxygen atoms in total. The quantitative estimate of drug-likeness (QED) is 0.340. The van der Waals surface area contributed by atoms with Gasteiger partial charge in [-0.25, -0.2) is 14.8 Å². The van der Waals surface area contributed by atoms with Crippen LogP contribution in [-0.2, 0) is 15.4 Å². The van der Waals surface area contributed by atoms with Crippen LogP contribution in [0.15, 0.2) is 42.5 Å². The van der Waals surface area contributed by atoms with Gasteiger partial charge in [-0.2, -0.15) is 8.78 Å². The Labute approximate surface area is 227 Å². The monoisotopic (exact) mass is 540 g/mol. The van der Waals surface area contributed by atoms with E-state index in [1.165, 1.54) is 19.2 Å². The summed E-state index contributed by atoms with van der Waals surface area (Å²) >= 11 is 0. The van der Waals surface area contributed by atoms with Crippen molar-refractivity contribution in [3.8, 4) is 5.75 Å². The van der Waals surface area contributed by atoms with Crippen molar-refractivity contribution < 1.29 is 27.8 Å². The van der Waals surface area contributed by atoms with Gasteiger partial charge in [0.2, 0.25) is 5.82 Å². The third-order valence-corrected chi connectivity index (χ3v) is 6.72. The minimum Gasteiger partial charge on any atom is -0.496 e. The number of esters is 1. The molecule has 1 atom stereocenters. The Kier molecular flexibility index (Phi) is 8.76. The number of hydrogen-bond acceptors (Lipinski definition) is 8. The molecule has 0 fully saturated rings. The van der Waals surface area contributed by atoms with Gasteiger partial charge in [-0.1, -0.05) is 24.3 Å². The molecule has 0 saturated carbocycles. The number of methoxy groups -OCH3 is 2. The van der Waals surface area contributed by atoms with Crippen LogP contribution in [0, 0.1) is 0 Å². The Hall–Kier alpha value is -3.63. The summed E-state index contributed by atoms with van der Waals surface area (Å²) in [5.41, 5.74) is 3.05. The van der Waals surface area contributed by atoms with Crippen molar-refractivity contribution in [2.24, 2.45) is 0 Å². The molecule has 10 heteroatoms. The number of benzene rings is 2. The van der Waals surface area contributed by atoms with E-state index >= 15 is 0 Å². The maximum absolute atomic E-state index is 14.5. The summed E-state index contributed by atoms with van der Waals surface area (Å²) in [7, 11) is 4.91. The number of rotatable bonds is 10. The van der Waals surface area contributed by atoms with Crippen molar-refractivity contribution in [1.82, 2.24) is 14.9 Å². The van der Waals surface area contributed by atoms with Crippen molar-refractivity contribution in [3.05, 3.63) is 65.0 Å². The molecule has 39 heavy (non-hydrogen) atoms. The number of hydrogen-bond donors (Lipinski definition) is 1. The molecule has 0 aliphatic carbocycles. The molecule has 1 aliphatic rings. The third kappa shape index (κ3) is 6.34. The van der Waals surface area contributed by atoms with Gasteiger partial charge in [-0.05, 0) is 50.6 Å². The van der Waals surface area contributed by atoms with Gasteiger partial charge >= 0.3 is 5.97 Å². The second kappa shape index (κ2) is 12.0. The summed E-state index contributed by atoms with van der Waals surface area (Å²) in [5, 5.41) is 3.99. The molecule has 4 rings (SSSR count). The number of anilines is 1. The standard InChI is InChI=1S/C29H34F2N4O4/c1-6-39-28(36)27-33-24-16-25(38-5)22(19-10-12-35(3)13-11-19)15-23(24)26(34-27)32-18(2)20-8-7-9-21(14-20)29(30,31)17-37-4/h7-10,14-16,18H,6,11-13,17H2,1-5H3,(H,32,33,34)/t18-/m1/s1. The maximum atomic E-state index is 14.5. The van der Waals surface area contributed by atoms with Crippen LogP contribution in [0.1, 0.15) is 53.6 Å².